The molecule has 3 unspecified atom stereocenters. The van der Waals surface area contributed by atoms with Gasteiger partial charge in [0.2, 0.25) is 0 Å². The standard InChI is InChI=1S/C45H62N2/c1-4-7-10-11-14-15-41(36-22-24-38(25-23-36)45(17-13-9-6-3)40-28-32-43(47)33-29-40)34-35-18-20-37(21-19-35)44(16-12-8-5-2)39-26-30-42(46)31-27-39/h18-33,41,44-45H,4-17,34,46-47H2,1-3H3. The smallest absolute Gasteiger partial charge is 0.0314 e. The van der Waals surface area contributed by atoms with Crippen molar-refractivity contribution < 1.29 is 0 Å². The monoisotopic (exact) mass is 630 g/mol. The average molecular weight is 631 g/mol. The van der Waals surface area contributed by atoms with Gasteiger partial charge in [-0.15, -0.1) is 0 Å². The SMILES string of the molecule is CCCCCCCC(Cc1ccc(C(CCCCC)c2ccc(N)cc2)cc1)c1ccc(C(CCCCC)c2ccc(N)cc2)cc1. The molecule has 0 spiro atoms. The highest BCUT2D eigenvalue weighted by molar-refractivity contribution is 5.44. The van der Waals surface area contributed by atoms with Crippen LogP contribution in [0, 0.1) is 0 Å². The van der Waals surface area contributed by atoms with Gasteiger partial charge < -0.3 is 11.5 Å². The minimum absolute atomic E-state index is 0.419. The van der Waals surface area contributed by atoms with Gasteiger partial charge >= 0.3 is 0 Å². The summed E-state index contributed by atoms with van der Waals surface area (Å²) in [7, 11) is 0. The molecule has 3 atom stereocenters. The topological polar surface area (TPSA) is 52.0 Å². The number of hydrogen-bond donors (Lipinski definition) is 2. The van der Waals surface area contributed by atoms with E-state index in [1.165, 1.54) is 123 Å². The van der Waals surface area contributed by atoms with E-state index in [2.05, 4.69) is 118 Å². The third kappa shape index (κ3) is 11.6. The average Bonchev–Trinajstić information content (AvgIpc) is 3.10. The molecule has 0 heterocycles. The summed E-state index contributed by atoms with van der Waals surface area (Å²) in [5, 5.41) is 0. The van der Waals surface area contributed by atoms with Crippen LogP contribution in [-0.2, 0) is 6.42 Å². The molecule has 0 amide bonds. The molecule has 0 aliphatic rings. The molecule has 2 nitrogen and oxygen atoms in total. The largest absolute Gasteiger partial charge is 0.399 e. The van der Waals surface area contributed by atoms with Crippen molar-refractivity contribution in [2.75, 3.05) is 11.5 Å². The second-order valence-electron chi connectivity index (χ2n) is 13.9. The predicted molar refractivity (Wildman–Crippen MR) is 206 cm³/mol. The second kappa shape index (κ2) is 20.0. The summed E-state index contributed by atoms with van der Waals surface area (Å²) in [6.45, 7) is 6.87. The fraction of sp³-hybridized carbons (Fsp3) is 0.467. The van der Waals surface area contributed by atoms with E-state index in [-0.39, 0.29) is 0 Å². The van der Waals surface area contributed by atoms with Crippen LogP contribution in [-0.4, -0.2) is 0 Å². The van der Waals surface area contributed by atoms with Crippen molar-refractivity contribution in [2.24, 2.45) is 0 Å². The number of rotatable bonds is 21. The molecule has 0 radical (unpaired) electrons. The number of unbranched alkanes of at least 4 members (excludes halogenated alkanes) is 8. The highest BCUT2D eigenvalue weighted by atomic mass is 14.5. The van der Waals surface area contributed by atoms with Crippen molar-refractivity contribution in [3.63, 3.8) is 0 Å². The lowest BCUT2D eigenvalue weighted by Crippen LogP contribution is -2.06. The Bertz CT molecular complexity index is 1390. The molecule has 0 aromatic heterocycles. The van der Waals surface area contributed by atoms with Crippen molar-refractivity contribution in [3.05, 3.63) is 130 Å². The molecule has 0 saturated heterocycles. The fourth-order valence-electron chi connectivity index (χ4n) is 7.26. The van der Waals surface area contributed by atoms with Crippen LogP contribution < -0.4 is 11.5 Å². The van der Waals surface area contributed by atoms with Crippen LogP contribution >= 0.6 is 0 Å². The fourth-order valence-corrected chi connectivity index (χ4v) is 7.26. The molecule has 4 rings (SSSR count). The highest BCUT2D eigenvalue weighted by Crippen LogP contribution is 2.35. The van der Waals surface area contributed by atoms with Crippen LogP contribution in [0.4, 0.5) is 11.4 Å². The van der Waals surface area contributed by atoms with E-state index >= 15 is 0 Å². The quantitative estimate of drug-likeness (QED) is 0.0711. The van der Waals surface area contributed by atoms with Crippen LogP contribution in [0.25, 0.3) is 0 Å². The lowest BCUT2D eigenvalue weighted by Gasteiger charge is -2.22. The Morgan fingerprint density at radius 1 is 0.383 bits per heavy atom. The van der Waals surface area contributed by atoms with Crippen molar-refractivity contribution in [3.8, 4) is 0 Å². The lowest BCUT2D eigenvalue weighted by molar-refractivity contribution is 0.542. The van der Waals surface area contributed by atoms with Gasteiger partial charge in [0.05, 0.1) is 0 Å². The Labute approximate surface area is 287 Å². The summed E-state index contributed by atoms with van der Waals surface area (Å²) < 4.78 is 0. The van der Waals surface area contributed by atoms with Gasteiger partial charge in [0.25, 0.3) is 0 Å². The molecule has 0 fully saturated rings. The molecule has 4 aromatic carbocycles. The normalized spacial score (nSPS) is 13.3. The van der Waals surface area contributed by atoms with Gasteiger partial charge in [-0.05, 0) is 89.2 Å². The van der Waals surface area contributed by atoms with Crippen molar-refractivity contribution >= 4 is 11.4 Å². The summed E-state index contributed by atoms with van der Waals surface area (Å²) in [5.41, 5.74) is 22.3. The van der Waals surface area contributed by atoms with Crippen LogP contribution in [0.15, 0.2) is 97.1 Å². The van der Waals surface area contributed by atoms with Crippen molar-refractivity contribution in [1.82, 2.24) is 0 Å². The Morgan fingerprint density at radius 3 is 1.17 bits per heavy atom. The molecular formula is C45H62N2. The maximum atomic E-state index is 6.05. The Balaban J connectivity index is 1.53. The molecule has 0 saturated carbocycles. The number of nitrogen functional groups attached to an aromatic ring is 2. The summed E-state index contributed by atoms with van der Waals surface area (Å²) in [6.07, 6.45) is 18.9. The minimum Gasteiger partial charge on any atom is -0.399 e. The first-order chi connectivity index (χ1) is 23.0. The first-order valence-electron chi connectivity index (χ1n) is 18.9. The lowest BCUT2D eigenvalue weighted by atomic mass is 9.83. The molecular weight excluding hydrogens is 569 g/mol. The third-order valence-corrected chi connectivity index (χ3v) is 10.2. The van der Waals surface area contributed by atoms with E-state index in [0.717, 1.165) is 17.8 Å². The van der Waals surface area contributed by atoms with Crippen molar-refractivity contribution in [2.45, 2.75) is 135 Å². The summed E-state index contributed by atoms with van der Waals surface area (Å²) in [6, 6.07) is 36.4. The number of nitrogens with two attached hydrogens (primary N) is 2. The van der Waals surface area contributed by atoms with Crippen molar-refractivity contribution in [1.29, 1.82) is 0 Å². The number of benzene rings is 4. The van der Waals surface area contributed by atoms with E-state index in [1.54, 1.807) is 0 Å². The summed E-state index contributed by atoms with van der Waals surface area (Å²) in [4.78, 5) is 0. The molecule has 0 aliphatic carbocycles. The van der Waals surface area contributed by atoms with E-state index in [1.807, 2.05) is 0 Å². The van der Waals surface area contributed by atoms with Gasteiger partial charge in [0.15, 0.2) is 0 Å². The van der Waals surface area contributed by atoms with Gasteiger partial charge in [0.1, 0.15) is 0 Å². The molecule has 0 bridgehead atoms. The number of anilines is 2. The first-order valence-corrected chi connectivity index (χ1v) is 18.9. The van der Waals surface area contributed by atoms with Crippen LogP contribution in [0.1, 0.15) is 162 Å². The second-order valence-corrected chi connectivity index (χ2v) is 13.9. The summed E-state index contributed by atoms with van der Waals surface area (Å²) in [5.74, 6) is 1.37. The Kier molecular flexibility index (Phi) is 15.4. The van der Waals surface area contributed by atoms with E-state index < -0.39 is 0 Å². The van der Waals surface area contributed by atoms with Gasteiger partial charge in [-0.3, -0.25) is 0 Å². The maximum absolute atomic E-state index is 6.05. The number of hydrogen-bond acceptors (Lipinski definition) is 2. The summed E-state index contributed by atoms with van der Waals surface area (Å²) >= 11 is 0. The highest BCUT2D eigenvalue weighted by Gasteiger charge is 2.18. The molecule has 4 N–H and O–H groups in total. The Morgan fingerprint density at radius 2 is 0.723 bits per heavy atom. The predicted octanol–water partition coefficient (Wildman–Crippen LogP) is 13.0. The zero-order valence-corrected chi connectivity index (χ0v) is 29.7. The van der Waals surface area contributed by atoms with Crippen LogP contribution in [0.5, 0.6) is 0 Å². The third-order valence-electron chi connectivity index (χ3n) is 10.2. The molecule has 4 aromatic rings. The zero-order valence-electron chi connectivity index (χ0n) is 29.7. The van der Waals surface area contributed by atoms with Gasteiger partial charge in [-0.2, -0.15) is 0 Å². The van der Waals surface area contributed by atoms with E-state index in [0.29, 0.717) is 17.8 Å². The van der Waals surface area contributed by atoms with E-state index in [4.69, 9.17) is 11.5 Å². The van der Waals surface area contributed by atoms with Crippen LogP contribution in [0.3, 0.4) is 0 Å². The first kappa shape index (κ1) is 36.3. The van der Waals surface area contributed by atoms with Gasteiger partial charge in [0, 0.05) is 23.2 Å². The zero-order chi connectivity index (χ0) is 33.3. The van der Waals surface area contributed by atoms with Gasteiger partial charge in [-0.25, -0.2) is 0 Å². The Hall–Kier alpha value is -3.52. The molecule has 47 heavy (non-hydrogen) atoms. The molecule has 0 aliphatic heterocycles. The van der Waals surface area contributed by atoms with Gasteiger partial charge in [-0.1, -0.05) is 164 Å². The van der Waals surface area contributed by atoms with E-state index in [9.17, 15) is 0 Å². The molecule has 2 heteroatoms. The minimum atomic E-state index is 0.419. The maximum Gasteiger partial charge on any atom is 0.0314 e. The molecule has 252 valence electrons. The van der Waals surface area contributed by atoms with Crippen LogP contribution in [0.2, 0.25) is 0 Å².